The van der Waals surface area contributed by atoms with Crippen molar-refractivity contribution in [3.05, 3.63) is 90.0 Å². The molecule has 35 heavy (non-hydrogen) atoms. The number of ether oxygens (including phenoxy) is 1. The zero-order valence-electron chi connectivity index (χ0n) is 19.3. The first kappa shape index (κ1) is 22.9. The van der Waals surface area contributed by atoms with Gasteiger partial charge >= 0.3 is 0 Å². The molecule has 7 nitrogen and oxygen atoms in total. The maximum atomic E-state index is 13.6. The number of hydrogen-bond acceptors (Lipinski definition) is 6. The third kappa shape index (κ3) is 4.44. The van der Waals surface area contributed by atoms with Crippen LogP contribution in [0.15, 0.2) is 88.8 Å². The lowest BCUT2D eigenvalue weighted by Gasteiger charge is -2.27. The van der Waals surface area contributed by atoms with Gasteiger partial charge in [-0.2, -0.15) is 0 Å². The number of nitrogens with one attached hydrogen (secondary N) is 1. The number of benzene rings is 3. The van der Waals surface area contributed by atoms with E-state index in [2.05, 4.69) is 5.32 Å². The molecule has 0 aliphatic carbocycles. The molecule has 2 heterocycles. The van der Waals surface area contributed by atoms with Crippen molar-refractivity contribution >= 4 is 46.0 Å². The summed E-state index contributed by atoms with van der Waals surface area (Å²) in [6, 6.07) is 23.7. The first-order valence-electron chi connectivity index (χ1n) is 11.4. The molecule has 3 aromatic carbocycles. The minimum atomic E-state index is -0.642. The summed E-state index contributed by atoms with van der Waals surface area (Å²) in [6.45, 7) is 1.94. The van der Waals surface area contributed by atoms with Crippen molar-refractivity contribution in [2.45, 2.75) is 24.6 Å². The maximum absolute atomic E-state index is 13.6. The zero-order chi connectivity index (χ0) is 24.4. The molecule has 0 saturated carbocycles. The molecule has 2 atom stereocenters. The Balaban J connectivity index is 1.43. The summed E-state index contributed by atoms with van der Waals surface area (Å²) < 4.78 is 5.18. The van der Waals surface area contributed by atoms with E-state index in [0.29, 0.717) is 28.9 Å². The van der Waals surface area contributed by atoms with Gasteiger partial charge in [-0.25, -0.2) is 14.9 Å². The van der Waals surface area contributed by atoms with Gasteiger partial charge in [0, 0.05) is 11.3 Å². The van der Waals surface area contributed by atoms with Crippen molar-refractivity contribution in [3.8, 4) is 5.75 Å². The fourth-order valence-corrected chi connectivity index (χ4v) is 5.05. The predicted octanol–water partition coefficient (Wildman–Crippen LogP) is 5.18. The van der Waals surface area contributed by atoms with Gasteiger partial charge in [-0.3, -0.25) is 9.59 Å². The number of aliphatic imine (C=N–C) groups is 2. The second-order valence-corrected chi connectivity index (χ2v) is 9.25. The molecular weight excluding hydrogens is 460 g/mol. The van der Waals surface area contributed by atoms with Crippen LogP contribution in [0.3, 0.4) is 0 Å². The van der Waals surface area contributed by atoms with Crippen LogP contribution in [-0.4, -0.2) is 40.1 Å². The van der Waals surface area contributed by atoms with Crippen LogP contribution in [0.4, 0.5) is 11.4 Å². The average molecular weight is 485 g/mol. The van der Waals surface area contributed by atoms with E-state index >= 15 is 0 Å². The van der Waals surface area contributed by atoms with E-state index in [1.165, 1.54) is 11.8 Å². The van der Waals surface area contributed by atoms with Gasteiger partial charge in [0.2, 0.25) is 5.91 Å². The number of fused-ring (bicyclic) bond motifs is 3. The minimum absolute atomic E-state index is 0.158. The van der Waals surface area contributed by atoms with Crippen LogP contribution >= 0.6 is 11.8 Å². The van der Waals surface area contributed by atoms with Crippen molar-refractivity contribution in [2.24, 2.45) is 9.98 Å². The number of amidine groups is 2. The van der Waals surface area contributed by atoms with Crippen LogP contribution in [-0.2, 0) is 9.59 Å². The highest BCUT2D eigenvalue weighted by atomic mass is 32.2. The van der Waals surface area contributed by atoms with Gasteiger partial charge < -0.3 is 10.1 Å². The zero-order valence-corrected chi connectivity index (χ0v) is 20.2. The number of amides is 2. The smallest absolute Gasteiger partial charge is 0.263 e. The fraction of sp³-hybridized carbons (Fsp3) is 0.185. The van der Waals surface area contributed by atoms with Crippen LogP contribution in [0.2, 0.25) is 0 Å². The lowest BCUT2D eigenvalue weighted by Crippen LogP contribution is -2.41. The number of carbonyl (C=O) groups is 2. The summed E-state index contributed by atoms with van der Waals surface area (Å²) in [4.78, 5) is 37.8. The molecule has 3 aromatic rings. The van der Waals surface area contributed by atoms with Gasteiger partial charge in [-0.15, -0.1) is 0 Å². The lowest BCUT2D eigenvalue weighted by molar-refractivity contribution is -0.124. The van der Waals surface area contributed by atoms with Gasteiger partial charge in [0.15, 0.2) is 11.2 Å². The van der Waals surface area contributed by atoms with Crippen LogP contribution in [0.1, 0.15) is 30.5 Å². The average Bonchev–Trinajstić information content (AvgIpc) is 3.25. The Kier molecular flexibility index (Phi) is 6.37. The molecule has 2 amide bonds. The van der Waals surface area contributed by atoms with Crippen molar-refractivity contribution in [1.82, 2.24) is 4.90 Å². The Hall–Kier alpha value is -3.91. The molecule has 5 rings (SSSR count). The van der Waals surface area contributed by atoms with E-state index in [1.807, 2.05) is 61.5 Å². The molecule has 176 valence electrons. The first-order chi connectivity index (χ1) is 17.1. The highest BCUT2D eigenvalue weighted by molar-refractivity contribution is 8.15. The van der Waals surface area contributed by atoms with E-state index in [4.69, 9.17) is 14.7 Å². The van der Waals surface area contributed by atoms with Crippen molar-refractivity contribution in [1.29, 1.82) is 0 Å². The van der Waals surface area contributed by atoms with Crippen molar-refractivity contribution in [2.75, 3.05) is 12.4 Å². The second kappa shape index (κ2) is 9.76. The molecule has 0 aromatic heterocycles. The standard InChI is InChI=1S/C27H24N4O3S/c1-3-22(25(32)28-18-13-15-19(34-2)16-14-18)35-27-29-21-12-8-7-11-20(21)24-30-23(26(33)31(24)27)17-9-5-4-6-10-17/h4-16,22-23H,3H2,1-2H3,(H,28,32). The first-order valence-corrected chi connectivity index (χ1v) is 12.2. The number of nitrogens with zero attached hydrogens (tertiary/aromatic N) is 3. The quantitative estimate of drug-likeness (QED) is 0.523. The Morgan fingerprint density at radius 3 is 2.49 bits per heavy atom. The summed E-state index contributed by atoms with van der Waals surface area (Å²) in [5, 5.41) is 2.96. The third-order valence-corrected chi connectivity index (χ3v) is 7.17. The monoisotopic (exact) mass is 484 g/mol. The largest absolute Gasteiger partial charge is 0.497 e. The maximum Gasteiger partial charge on any atom is 0.263 e. The van der Waals surface area contributed by atoms with E-state index in [1.54, 1.807) is 36.3 Å². The van der Waals surface area contributed by atoms with Gasteiger partial charge in [0.1, 0.15) is 11.6 Å². The fourth-order valence-electron chi connectivity index (χ4n) is 4.03. The lowest BCUT2D eigenvalue weighted by atomic mass is 10.1. The Morgan fingerprint density at radius 1 is 1.06 bits per heavy atom. The number of anilines is 1. The van der Waals surface area contributed by atoms with Crippen LogP contribution in [0, 0.1) is 0 Å². The molecule has 0 fully saturated rings. The normalized spacial score (nSPS) is 17.1. The number of hydrogen-bond donors (Lipinski definition) is 1. The minimum Gasteiger partial charge on any atom is -0.497 e. The molecule has 2 aliphatic rings. The molecule has 1 N–H and O–H groups in total. The second-order valence-electron chi connectivity index (χ2n) is 8.08. The van der Waals surface area contributed by atoms with E-state index in [9.17, 15) is 9.59 Å². The van der Waals surface area contributed by atoms with Crippen molar-refractivity contribution < 1.29 is 14.3 Å². The predicted molar refractivity (Wildman–Crippen MR) is 139 cm³/mol. The highest BCUT2D eigenvalue weighted by Gasteiger charge is 2.43. The highest BCUT2D eigenvalue weighted by Crippen LogP contribution is 2.38. The molecule has 0 radical (unpaired) electrons. The molecule has 2 unspecified atom stereocenters. The van der Waals surface area contributed by atoms with Crippen LogP contribution < -0.4 is 10.1 Å². The number of thioether (sulfide) groups is 1. The third-order valence-electron chi connectivity index (χ3n) is 5.85. The Labute approximate surface area is 207 Å². The Bertz CT molecular complexity index is 1320. The molecule has 2 aliphatic heterocycles. The number of rotatable bonds is 6. The molecule has 0 saturated heterocycles. The Morgan fingerprint density at radius 2 is 1.77 bits per heavy atom. The van der Waals surface area contributed by atoms with Gasteiger partial charge in [-0.05, 0) is 48.4 Å². The van der Waals surface area contributed by atoms with E-state index in [-0.39, 0.29) is 11.8 Å². The number of carbonyl (C=O) groups excluding carboxylic acids is 2. The van der Waals surface area contributed by atoms with Crippen LogP contribution in [0.5, 0.6) is 5.75 Å². The van der Waals surface area contributed by atoms with Gasteiger partial charge in [0.25, 0.3) is 5.91 Å². The number of methoxy groups -OCH3 is 1. The summed E-state index contributed by atoms with van der Waals surface area (Å²) in [5.74, 6) is 0.959. The molecular formula is C27H24N4O3S. The summed E-state index contributed by atoms with van der Waals surface area (Å²) >= 11 is 1.28. The van der Waals surface area contributed by atoms with E-state index < -0.39 is 11.3 Å². The van der Waals surface area contributed by atoms with Gasteiger partial charge in [-0.1, -0.05) is 61.2 Å². The number of para-hydroxylation sites is 1. The molecule has 0 bridgehead atoms. The summed E-state index contributed by atoms with van der Waals surface area (Å²) in [5.41, 5.74) is 3.04. The molecule has 8 heteroatoms. The summed E-state index contributed by atoms with van der Waals surface area (Å²) in [7, 11) is 1.60. The van der Waals surface area contributed by atoms with Crippen molar-refractivity contribution in [3.63, 3.8) is 0 Å². The van der Waals surface area contributed by atoms with E-state index in [0.717, 1.165) is 16.8 Å². The SMILES string of the molecule is CCC(SC1=Nc2ccccc2C2=NC(c3ccccc3)C(=O)N12)C(=O)Nc1ccc(OC)cc1. The van der Waals surface area contributed by atoms with Gasteiger partial charge in [0.05, 0.1) is 18.0 Å². The summed E-state index contributed by atoms with van der Waals surface area (Å²) in [6.07, 6.45) is 0.559. The topological polar surface area (TPSA) is 83.4 Å². The van der Waals surface area contributed by atoms with Crippen LogP contribution in [0.25, 0.3) is 0 Å². The molecule has 0 spiro atoms.